The van der Waals surface area contributed by atoms with Gasteiger partial charge >= 0.3 is 0 Å². The average molecular weight is 456 g/mol. The van der Waals surface area contributed by atoms with Crippen molar-refractivity contribution in [2.45, 2.75) is 36.8 Å². The number of aliphatic hydroxyl groups excluding tert-OH is 2. The summed E-state index contributed by atoms with van der Waals surface area (Å²) in [5, 5.41) is 31.2. The normalized spacial score (nSPS) is 30.2. The van der Waals surface area contributed by atoms with Crippen molar-refractivity contribution in [3.8, 4) is 17.2 Å². The first-order valence-electron chi connectivity index (χ1n) is 10.4. The van der Waals surface area contributed by atoms with E-state index in [4.69, 9.17) is 28.1 Å². The van der Waals surface area contributed by atoms with Gasteiger partial charge in [0.2, 0.25) is 11.7 Å². The predicted octanol–water partition coefficient (Wildman–Crippen LogP) is 1.47. The molecule has 0 radical (unpaired) electrons. The quantitative estimate of drug-likeness (QED) is 0.497. The van der Waals surface area contributed by atoms with Gasteiger partial charge in [-0.15, -0.1) is 0 Å². The van der Waals surface area contributed by atoms with E-state index >= 15 is 0 Å². The van der Waals surface area contributed by atoms with Gasteiger partial charge in [-0.05, 0) is 18.2 Å². The minimum absolute atomic E-state index is 0.00641. The van der Waals surface area contributed by atoms with Gasteiger partial charge in [0, 0.05) is 13.2 Å². The monoisotopic (exact) mass is 456 g/mol. The molecule has 3 aliphatic rings. The van der Waals surface area contributed by atoms with E-state index in [1.54, 1.807) is 18.2 Å². The number of hydrogen-bond acceptors (Lipinski definition) is 10. The van der Waals surface area contributed by atoms with Gasteiger partial charge in [-0.1, -0.05) is 6.07 Å². The standard InChI is InChI=1S/C23H20O10/c1-28-14-8-30-23(20(27)18(14)25)33-13-7-12-15(9-5-6-29-22(9)32-12)21-17(13)19(26)16-10(24)3-2-4-11(16)31-21/h2-7,9,14,18,20,22-25,27H,8H2,1H3. The number of methoxy groups -OCH3 is 1. The zero-order valence-corrected chi connectivity index (χ0v) is 17.3. The number of fused-ring (bicyclic) bond motifs is 6. The van der Waals surface area contributed by atoms with Gasteiger partial charge in [-0.2, -0.15) is 0 Å². The second-order valence-electron chi connectivity index (χ2n) is 8.12. The van der Waals surface area contributed by atoms with Gasteiger partial charge in [0.05, 0.1) is 24.4 Å². The number of phenols is 1. The summed E-state index contributed by atoms with van der Waals surface area (Å²) in [5.41, 5.74) is 0.511. The number of aliphatic hydroxyl groups is 2. The SMILES string of the molecule is COC1COC(Oc2cc3c(c4oc5cccc(O)c5c(=O)c24)C2C=COC2O3)C(O)C1O. The third-order valence-corrected chi connectivity index (χ3v) is 6.26. The van der Waals surface area contributed by atoms with Crippen LogP contribution in [0.5, 0.6) is 17.2 Å². The lowest BCUT2D eigenvalue weighted by Crippen LogP contribution is -2.55. The van der Waals surface area contributed by atoms with Crippen LogP contribution in [0.1, 0.15) is 11.5 Å². The van der Waals surface area contributed by atoms with E-state index in [1.165, 1.54) is 25.5 Å². The van der Waals surface area contributed by atoms with E-state index in [0.29, 0.717) is 11.3 Å². The molecule has 0 saturated carbocycles. The summed E-state index contributed by atoms with van der Waals surface area (Å²) < 4.78 is 34.0. The molecule has 1 aromatic heterocycles. The lowest BCUT2D eigenvalue weighted by atomic mass is 9.97. The van der Waals surface area contributed by atoms with Crippen LogP contribution >= 0.6 is 0 Å². The van der Waals surface area contributed by atoms with Crippen LogP contribution < -0.4 is 14.9 Å². The van der Waals surface area contributed by atoms with Gasteiger partial charge in [-0.3, -0.25) is 4.79 Å². The summed E-state index contributed by atoms with van der Waals surface area (Å²) in [5.74, 6) is -0.130. The summed E-state index contributed by atoms with van der Waals surface area (Å²) in [6.45, 7) is -0.0279. The van der Waals surface area contributed by atoms with Crippen LogP contribution in [0, 0.1) is 0 Å². The Kier molecular flexibility index (Phi) is 4.53. The molecule has 6 unspecified atom stereocenters. The molecule has 10 nitrogen and oxygen atoms in total. The molecule has 4 heterocycles. The molecule has 1 saturated heterocycles. The largest absolute Gasteiger partial charge is 0.507 e. The molecule has 3 aromatic rings. The van der Waals surface area contributed by atoms with Crippen LogP contribution in [0.15, 0.2) is 45.8 Å². The first-order valence-corrected chi connectivity index (χ1v) is 10.4. The molecule has 172 valence electrons. The van der Waals surface area contributed by atoms with Gasteiger partial charge < -0.3 is 43.4 Å². The highest BCUT2D eigenvalue weighted by Crippen LogP contribution is 2.49. The Balaban J connectivity index is 1.55. The Bertz CT molecular complexity index is 1340. The fourth-order valence-electron chi connectivity index (χ4n) is 4.57. The maximum Gasteiger partial charge on any atom is 0.250 e. The van der Waals surface area contributed by atoms with Crippen LogP contribution in [0.25, 0.3) is 21.9 Å². The molecule has 3 aliphatic heterocycles. The Labute approximate surface area is 186 Å². The van der Waals surface area contributed by atoms with Crippen molar-refractivity contribution in [1.29, 1.82) is 0 Å². The maximum absolute atomic E-state index is 13.5. The summed E-state index contributed by atoms with van der Waals surface area (Å²) in [4.78, 5) is 13.5. The molecule has 6 atom stereocenters. The van der Waals surface area contributed by atoms with E-state index in [2.05, 4.69) is 0 Å². The fraction of sp³-hybridized carbons (Fsp3) is 0.348. The van der Waals surface area contributed by atoms with Gasteiger partial charge in [-0.25, -0.2) is 0 Å². The van der Waals surface area contributed by atoms with Crippen LogP contribution in [0.4, 0.5) is 0 Å². The number of ether oxygens (including phenoxy) is 5. The lowest BCUT2D eigenvalue weighted by molar-refractivity contribution is -0.246. The summed E-state index contributed by atoms with van der Waals surface area (Å²) in [6, 6.07) is 6.05. The molecular formula is C23H20O10. The topological polar surface area (TPSA) is 137 Å². The number of aromatic hydroxyl groups is 1. The van der Waals surface area contributed by atoms with Crippen LogP contribution in [0.3, 0.4) is 0 Å². The maximum atomic E-state index is 13.5. The highest BCUT2D eigenvalue weighted by molar-refractivity contribution is 5.98. The molecule has 3 N–H and O–H groups in total. The van der Waals surface area contributed by atoms with Crippen molar-refractivity contribution in [1.82, 2.24) is 0 Å². The van der Waals surface area contributed by atoms with Crippen molar-refractivity contribution in [2.75, 3.05) is 13.7 Å². The molecule has 33 heavy (non-hydrogen) atoms. The van der Waals surface area contributed by atoms with Gasteiger partial charge in [0.25, 0.3) is 6.29 Å². The van der Waals surface area contributed by atoms with E-state index < -0.39 is 36.3 Å². The first-order chi connectivity index (χ1) is 16.0. The number of rotatable bonds is 3. The molecule has 6 rings (SSSR count). The molecule has 10 heteroatoms. The van der Waals surface area contributed by atoms with Crippen LogP contribution in [0.2, 0.25) is 0 Å². The van der Waals surface area contributed by atoms with E-state index in [0.717, 1.165) is 0 Å². The van der Waals surface area contributed by atoms with Gasteiger partial charge in [0.15, 0.2) is 0 Å². The zero-order valence-electron chi connectivity index (χ0n) is 17.3. The fourth-order valence-corrected chi connectivity index (χ4v) is 4.57. The highest BCUT2D eigenvalue weighted by Gasteiger charge is 2.43. The van der Waals surface area contributed by atoms with E-state index in [-0.39, 0.29) is 46.0 Å². The highest BCUT2D eigenvalue weighted by atomic mass is 16.7. The second-order valence-corrected chi connectivity index (χ2v) is 8.12. The molecule has 0 bridgehead atoms. The summed E-state index contributed by atoms with van der Waals surface area (Å²) in [6.07, 6.45) is -2.00. The second kappa shape index (κ2) is 7.35. The number of phenolic OH excluding ortho intramolecular Hbond substituents is 1. The smallest absolute Gasteiger partial charge is 0.250 e. The van der Waals surface area contributed by atoms with E-state index in [1.807, 2.05) is 0 Å². The third kappa shape index (κ3) is 2.92. The lowest BCUT2D eigenvalue weighted by Gasteiger charge is -2.36. The third-order valence-electron chi connectivity index (χ3n) is 6.26. The van der Waals surface area contributed by atoms with Crippen molar-refractivity contribution in [3.63, 3.8) is 0 Å². The van der Waals surface area contributed by atoms with Crippen LogP contribution in [-0.4, -0.2) is 59.9 Å². The van der Waals surface area contributed by atoms with Crippen molar-refractivity contribution in [3.05, 3.63) is 52.4 Å². The van der Waals surface area contributed by atoms with Crippen molar-refractivity contribution < 1.29 is 43.4 Å². The summed E-state index contributed by atoms with van der Waals surface area (Å²) >= 11 is 0. The van der Waals surface area contributed by atoms with Crippen LogP contribution in [-0.2, 0) is 14.2 Å². The first kappa shape index (κ1) is 20.3. The number of hydrogen-bond donors (Lipinski definition) is 3. The molecular weight excluding hydrogens is 436 g/mol. The summed E-state index contributed by atoms with van der Waals surface area (Å²) in [7, 11) is 1.40. The van der Waals surface area contributed by atoms with Crippen molar-refractivity contribution in [2.24, 2.45) is 0 Å². The number of benzene rings is 2. The van der Waals surface area contributed by atoms with E-state index in [9.17, 15) is 20.1 Å². The average Bonchev–Trinajstić information content (AvgIpc) is 3.38. The van der Waals surface area contributed by atoms with Crippen molar-refractivity contribution >= 4 is 21.9 Å². The molecule has 0 spiro atoms. The molecule has 2 aromatic carbocycles. The van der Waals surface area contributed by atoms with Gasteiger partial charge in [0.1, 0.15) is 57.5 Å². The molecule has 0 aliphatic carbocycles. The zero-order chi connectivity index (χ0) is 22.9. The Hall–Kier alpha value is -3.31. The minimum Gasteiger partial charge on any atom is -0.507 e. The Morgan fingerprint density at radius 2 is 2.00 bits per heavy atom. The molecule has 0 amide bonds. The molecule has 1 fully saturated rings. The predicted molar refractivity (Wildman–Crippen MR) is 112 cm³/mol. The Morgan fingerprint density at radius 1 is 1.15 bits per heavy atom. The minimum atomic E-state index is -1.44. The Morgan fingerprint density at radius 3 is 2.82 bits per heavy atom.